The van der Waals surface area contributed by atoms with E-state index in [1.54, 1.807) is 26.4 Å². The highest BCUT2D eigenvalue weighted by Gasteiger charge is 2.27. The van der Waals surface area contributed by atoms with Crippen LogP contribution in [0.5, 0.6) is 11.5 Å². The van der Waals surface area contributed by atoms with Crippen molar-refractivity contribution in [1.29, 1.82) is 0 Å². The lowest BCUT2D eigenvalue weighted by Crippen LogP contribution is -2.47. The molecular formula is C19H25N3O4S2. The number of likely N-dealkylation sites (N-methyl/N-ethyl adjacent to an activating group) is 1. The molecule has 1 saturated heterocycles. The molecule has 0 radical (unpaired) electrons. The standard InChI is InChI=1S/C19H25N3O4S2/c1-21-8-10-22(11-9-21)28(23,24)17-5-7-19(20-13-17)27-14-15-12-16(25-2)4-6-18(15)26-3/h4-7,12-13H,8-11,14H2,1-3H3. The van der Waals surface area contributed by atoms with Gasteiger partial charge in [0.05, 0.1) is 19.2 Å². The van der Waals surface area contributed by atoms with Gasteiger partial charge in [0.25, 0.3) is 0 Å². The van der Waals surface area contributed by atoms with Gasteiger partial charge in [-0.2, -0.15) is 4.31 Å². The Kier molecular flexibility index (Phi) is 6.82. The number of hydrogen-bond acceptors (Lipinski definition) is 7. The molecule has 1 aliphatic rings. The predicted octanol–water partition coefficient (Wildman–Crippen LogP) is 2.33. The summed E-state index contributed by atoms with van der Waals surface area (Å²) in [6.07, 6.45) is 1.44. The number of thioether (sulfide) groups is 1. The van der Waals surface area contributed by atoms with Crippen LogP contribution in [0.25, 0.3) is 0 Å². The van der Waals surface area contributed by atoms with Gasteiger partial charge in [-0.05, 0) is 37.4 Å². The molecule has 1 aliphatic heterocycles. The predicted molar refractivity (Wildman–Crippen MR) is 110 cm³/mol. The van der Waals surface area contributed by atoms with Crippen molar-refractivity contribution in [3.8, 4) is 11.5 Å². The van der Waals surface area contributed by atoms with E-state index in [9.17, 15) is 8.42 Å². The topological polar surface area (TPSA) is 72.0 Å². The minimum atomic E-state index is -3.49. The van der Waals surface area contributed by atoms with E-state index in [2.05, 4.69) is 9.88 Å². The smallest absolute Gasteiger partial charge is 0.244 e. The lowest BCUT2D eigenvalue weighted by molar-refractivity contribution is 0.222. The largest absolute Gasteiger partial charge is 0.497 e. The molecule has 0 aliphatic carbocycles. The molecule has 0 bridgehead atoms. The van der Waals surface area contributed by atoms with Gasteiger partial charge in [0.2, 0.25) is 10.0 Å². The van der Waals surface area contributed by atoms with E-state index in [4.69, 9.17) is 9.47 Å². The van der Waals surface area contributed by atoms with Gasteiger partial charge < -0.3 is 14.4 Å². The van der Waals surface area contributed by atoms with E-state index >= 15 is 0 Å². The van der Waals surface area contributed by atoms with E-state index in [1.165, 1.54) is 22.3 Å². The summed E-state index contributed by atoms with van der Waals surface area (Å²) >= 11 is 1.52. The van der Waals surface area contributed by atoms with Crippen LogP contribution in [0.15, 0.2) is 46.5 Å². The number of piperazine rings is 1. The molecule has 152 valence electrons. The second-order valence-corrected chi connectivity index (χ2v) is 9.44. The number of sulfonamides is 1. The summed E-state index contributed by atoms with van der Waals surface area (Å²) in [6, 6.07) is 9.03. The highest BCUT2D eigenvalue weighted by atomic mass is 32.2. The van der Waals surface area contributed by atoms with Crippen LogP contribution >= 0.6 is 11.8 Å². The van der Waals surface area contributed by atoms with Crippen molar-refractivity contribution in [2.24, 2.45) is 0 Å². The Hall–Kier alpha value is -1.81. The summed E-state index contributed by atoms with van der Waals surface area (Å²) in [7, 11) is 1.76. The number of hydrogen-bond donors (Lipinski definition) is 0. The summed E-state index contributed by atoms with van der Waals surface area (Å²) in [6.45, 7) is 2.49. The third-order valence-electron chi connectivity index (χ3n) is 4.67. The maximum atomic E-state index is 12.8. The summed E-state index contributed by atoms with van der Waals surface area (Å²) in [4.78, 5) is 6.70. The Morgan fingerprint density at radius 2 is 1.82 bits per heavy atom. The molecule has 1 aromatic carbocycles. The number of methoxy groups -OCH3 is 2. The van der Waals surface area contributed by atoms with Gasteiger partial charge in [-0.15, -0.1) is 11.8 Å². The first-order chi connectivity index (χ1) is 13.4. The normalized spacial score (nSPS) is 16.1. The van der Waals surface area contributed by atoms with E-state index < -0.39 is 10.0 Å². The number of benzene rings is 1. The fraction of sp³-hybridized carbons (Fsp3) is 0.421. The maximum Gasteiger partial charge on any atom is 0.244 e. The van der Waals surface area contributed by atoms with Gasteiger partial charge in [0.15, 0.2) is 0 Å². The number of rotatable bonds is 7. The zero-order valence-electron chi connectivity index (χ0n) is 16.3. The first kappa shape index (κ1) is 20.9. The quantitative estimate of drug-likeness (QED) is 0.633. The van der Waals surface area contributed by atoms with Gasteiger partial charge in [-0.1, -0.05) is 0 Å². The molecule has 3 rings (SSSR count). The van der Waals surface area contributed by atoms with Gasteiger partial charge in [-0.3, -0.25) is 0 Å². The second kappa shape index (κ2) is 9.13. The van der Waals surface area contributed by atoms with Crippen molar-refractivity contribution in [2.75, 3.05) is 47.4 Å². The summed E-state index contributed by atoms with van der Waals surface area (Å²) in [5.74, 6) is 2.18. The highest BCUT2D eigenvalue weighted by molar-refractivity contribution is 7.98. The SMILES string of the molecule is COc1ccc(OC)c(CSc2ccc(S(=O)(=O)N3CCN(C)CC3)cn2)c1. The monoisotopic (exact) mass is 423 g/mol. The molecular weight excluding hydrogens is 398 g/mol. The van der Waals surface area contributed by atoms with E-state index in [1.807, 2.05) is 25.2 Å². The van der Waals surface area contributed by atoms with Crippen molar-refractivity contribution in [1.82, 2.24) is 14.2 Å². The van der Waals surface area contributed by atoms with Crippen LogP contribution < -0.4 is 9.47 Å². The molecule has 28 heavy (non-hydrogen) atoms. The number of nitrogens with zero attached hydrogens (tertiary/aromatic N) is 3. The zero-order valence-corrected chi connectivity index (χ0v) is 17.9. The third-order valence-corrected chi connectivity index (χ3v) is 7.55. The Morgan fingerprint density at radius 1 is 1.07 bits per heavy atom. The molecule has 1 aromatic heterocycles. The fourth-order valence-electron chi connectivity index (χ4n) is 2.93. The first-order valence-electron chi connectivity index (χ1n) is 8.92. The Morgan fingerprint density at radius 3 is 2.43 bits per heavy atom. The molecule has 7 nitrogen and oxygen atoms in total. The summed E-state index contributed by atoms with van der Waals surface area (Å²) in [5.41, 5.74) is 0.989. The van der Waals surface area contributed by atoms with Gasteiger partial charge in [0, 0.05) is 43.7 Å². The molecule has 0 atom stereocenters. The van der Waals surface area contributed by atoms with Crippen LogP contribution in [0.4, 0.5) is 0 Å². The highest BCUT2D eigenvalue weighted by Crippen LogP contribution is 2.30. The van der Waals surface area contributed by atoms with Crippen LogP contribution in [0.2, 0.25) is 0 Å². The molecule has 2 heterocycles. The number of aromatic nitrogens is 1. The van der Waals surface area contributed by atoms with Crippen LogP contribution in [-0.4, -0.2) is 70.1 Å². The third kappa shape index (κ3) is 4.78. The Labute approximate surface area is 170 Å². The van der Waals surface area contributed by atoms with Crippen LogP contribution in [0.3, 0.4) is 0 Å². The molecule has 0 unspecified atom stereocenters. The van der Waals surface area contributed by atoms with Crippen molar-refractivity contribution in [2.45, 2.75) is 15.7 Å². The second-order valence-electron chi connectivity index (χ2n) is 6.51. The van der Waals surface area contributed by atoms with Crippen LogP contribution in [-0.2, 0) is 15.8 Å². The number of pyridine rings is 1. The summed E-state index contributed by atoms with van der Waals surface area (Å²) in [5, 5.41) is 0.752. The van der Waals surface area contributed by atoms with Crippen molar-refractivity contribution in [3.05, 3.63) is 42.1 Å². The Bertz CT molecular complexity index is 896. The zero-order chi connectivity index (χ0) is 20.1. The van der Waals surface area contributed by atoms with Gasteiger partial charge in [0.1, 0.15) is 16.4 Å². The van der Waals surface area contributed by atoms with Crippen LogP contribution in [0, 0.1) is 0 Å². The lowest BCUT2D eigenvalue weighted by atomic mass is 10.2. The minimum absolute atomic E-state index is 0.236. The van der Waals surface area contributed by atoms with Crippen molar-refractivity contribution >= 4 is 21.8 Å². The lowest BCUT2D eigenvalue weighted by Gasteiger charge is -2.31. The molecule has 0 amide bonds. The summed E-state index contributed by atoms with van der Waals surface area (Å²) < 4.78 is 37.7. The number of ether oxygens (including phenoxy) is 2. The molecule has 2 aromatic rings. The van der Waals surface area contributed by atoms with Gasteiger partial charge >= 0.3 is 0 Å². The molecule has 1 fully saturated rings. The first-order valence-corrected chi connectivity index (χ1v) is 11.3. The van der Waals surface area contributed by atoms with E-state index in [0.717, 1.165) is 35.2 Å². The van der Waals surface area contributed by atoms with Crippen molar-refractivity contribution < 1.29 is 17.9 Å². The van der Waals surface area contributed by atoms with Crippen LogP contribution in [0.1, 0.15) is 5.56 Å². The molecule has 9 heteroatoms. The molecule has 0 spiro atoms. The average Bonchev–Trinajstić information content (AvgIpc) is 2.72. The van der Waals surface area contributed by atoms with E-state index in [-0.39, 0.29) is 4.90 Å². The minimum Gasteiger partial charge on any atom is -0.497 e. The fourth-order valence-corrected chi connectivity index (χ4v) is 5.12. The molecule has 0 saturated carbocycles. The Balaban J connectivity index is 1.68. The van der Waals surface area contributed by atoms with Crippen molar-refractivity contribution in [3.63, 3.8) is 0 Å². The molecule has 0 N–H and O–H groups in total. The van der Waals surface area contributed by atoms with E-state index in [0.29, 0.717) is 18.8 Å². The maximum absolute atomic E-state index is 12.8. The van der Waals surface area contributed by atoms with Gasteiger partial charge in [-0.25, -0.2) is 13.4 Å². The average molecular weight is 424 g/mol.